The van der Waals surface area contributed by atoms with Gasteiger partial charge in [0.2, 0.25) is 0 Å². The third-order valence-corrected chi connectivity index (χ3v) is 2.65. The van der Waals surface area contributed by atoms with Gasteiger partial charge >= 0.3 is 0 Å². The summed E-state index contributed by atoms with van der Waals surface area (Å²) in [5.74, 6) is 0. The second kappa shape index (κ2) is 4.72. The van der Waals surface area contributed by atoms with Gasteiger partial charge in [-0.2, -0.15) is 0 Å². The summed E-state index contributed by atoms with van der Waals surface area (Å²) < 4.78 is 6.25. The molecule has 1 aromatic carbocycles. The highest BCUT2D eigenvalue weighted by Gasteiger charge is 2.06. The maximum absolute atomic E-state index is 5.27. The molecule has 13 heavy (non-hydrogen) atoms. The Kier molecular flexibility index (Phi) is 3.88. The zero-order valence-electron chi connectivity index (χ0n) is 7.63. The van der Waals surface area contributed by atoms with Crippen molar-refractivity contribution >= 4 is 33.2 Å². The molecule has 0 radical (unpaired) electrons. The summed E-state index contributed by atoms with van der Waals surface area (Å²) in [6.07, 6.45) is 0. The molecule has 0 amide bonds. The molecule has 0 saturated heterocycles. The van der Waals surface area contributed by atoms with E-state index >= 15 is 0 Å². The van der Waals surface area contributed by atoms with Crippen molar-refractivity contribution in [2.75, 3.05) is 6.61 Å². The molecule has 0 atom stereocenters. The molecular weight excluding hydrogens is 248 g/mol. The predicted octanol–water partition coefficient (Wildman–Crippen LogP) is 3.47. The Bertz CT molecular complexity index is 323. The van der Waals surface area contributed by atoms with E-state index in [1.54, 1.807) is 0 Å². The zero-order valence-corrected chi connectivity index (χ0v) is 10.0. The normalized spacial score (nSPS) is 9.77. The first-order valence-electron chi connectivity index (χ1n) is 4.08. The van der Waals surface area contributed by atoms with Gasteiger partial charge < -0.3 is 4.74 Å². The first-order chi connectivity index (χ1) is 6.15. The summed E-state index contributed by atoms with van der Waals surface area (Å²) in [7, 11) is 0. The van der Waals surface area contributed by atoms with Gasteiger partial charge in [0.1, 0.15) is 0 Å². The highest BCUT2D eigenvalue weighted by molar-refractivity contribution is 9.10. The van der Waals surface area contributed by atoms with Crippen LogP contribution in [-0.2, 0) is 4.74 Å². The minimum Gasteiger partial charge on any atom is -0.483 e. The molecule has 0 aliphatic carbocycles. The van der Waals surface area contributed by atoms with Gasteiger partial charge in [-0.15, -0.1) is 0 Å². The molecule has 3 heteroatoms. The number of ether oxygens (including phenoxy) is 1. The largest absolute Gasteiger partial charge is 0.483 e. The van der Waals surface area contributed by atoms with E-state index in [0.29, 0.717) is 11.7 Å². The van der Waals surface area contributed by atoms with E-state index in [1.165, 1.54) is 5.56 Å². The van der Waals surface area contributed by atoms with Gasteiger partial charge in [-0.3, -0.25) is 0 Å². The minimum atomic E-state index is 0.554. The molecule has 0 aliphatic rings. The van der Waals surface area contributed by atoms with E-state index < -0.39 is 0 Å². The topological polar surface area (TPSA) is 9.23 Å². The van der Waals surface area contributed by atoms with Gasteiger partial charge in [-0.05, 0) is 38.2 Å². The molecule has 0 spiro atoms. The van der Waals surface area contributed by atoms with Crippen molar-refractivity contribution in [2.45, 2.75) is 13.8 Å². The Morgan fingerprint density at radius 1 is 1.54 bits per heavy atom. The lowest BCUT2D eigenvalue weighted by molar-refractivity contribution is 0.337. The van der Waals surface area contributed by atoms with Crippen LogP contribution in [0.5, 0.6) is 0 Å². The molecule has 0 heterocycles. The molecule has 1 rings (SSSR count). The fraction of sp³-hybridized carbons (Fsp3) is 0.300. The molecule has 70 valence electrons. The molecule has 0 unspecified atom stereocenters. The average Bonchev–Trinajstić information content (AvgIpc) is 2.09. The maximum Gasteiger partial charge on any atom is 0.192 e. The van der Waals surface area contributed by atoms with Crippen LogP contribution in [-0.4, -0.2) is 11.7 Å². The molecule has 0 saturated carbocycles. The maximum atomic E-state index is 5.27. The van der Waals surface area contributed by atoms with Crippen LogP contribution in [0.3, 0.4) is 0 Å². The number of benzene rings is 1. The average molecular weight is 259 g/mol. The van der Waals surface area contributed by atoms with Crippen molar-refractivity contribution in [3.8, 4) is 0 Å². The Morgan fingerprint density at radius 3 is 2.85 bits per heavy atom. The summed E-state index contributed by atoms with van der Waals surface area (Å²) >= 11 is 8.55. The second-order valence-corrected chi connectivity index (χ2v) is 3.93. The van der Waals surface area contributed by atoms with Crippen LogP contribution in [0.15, 0.2) is 22.7 Å². The minimum absolute atomic E-state index is 0.554. The summed E-state index contributed by atoms with van der Waals surface area (Å²) in [6, 6.07) is 6.03. The van der Waals surface area contributed by atoms with Crippen LogP contribution in [0.25, 0.3) is 0 Å². The Morgan fingerprint density at radius 2 is 2.23 bits per heavy atom. The number of thiocarbonyl (C=S) groups is 1. The summed E-state index contributed by atoms with van der Waals surface area (Å²) in [5, 5.41) is 0.554. The fourth-order valence-electron chi connectivity index (χ4n) is 1.00. The van der Waals surface area contributed by atoms with Crippen molar-refractivity contribution in [3.05, 3.63) is 33.8 Å². The van der Waals surface area contributed by atoms with E-state index in [-0.39, 0.29) is 0 Å². The monoisotopic (exact) mass is 258 g/mol. The molecule has 1 aromatic rings. The van der Waals surface area contributed by atoms with E-state index in [4.69, 9.17) is 17.0 Å². The standard InChI is InChI=1S/C10H11BrOS/c1-3-12-10(13)8-6-7(2)4-5-9(8)11/h4-6H,3H2,1-2H3. The van der Waals surface area contributed by atoms with Crippen LogP contribution in [0.4, 0.5) is 0 Å². The number of hydrogen-bond acceptors (Lipinski definition) is 2. The first kappa shape index (κ1) is 10.7. The van der Waals surface area contributed by atoms with Gasteiger partial charge in [0.15, 0.2) is 5.05 Å². The molecular formula is C10H11BrOS. The van der Waals surface area contributed by atoms with Crippen molar-refractivity contribution in [2.24, 2.45) is 0 Å². The van der Waals surface area contributed by atoms with E-state index in [2.05, 4.69) is 15.9 Å². The quantitative estimate of drug-likeness (QED) is 0.752. The fourth-order valence-corrected chi connectivity index (χ4v) is 1.85. The number of rotatable bonds is 2. The van der Waals surface area contributed by atoms with Crippen molar-refractivity contribution < 1.29 is 4.74 Å². The molecule has 0 aromatic heterocycles. The zero-order chi connectivity index (χ0) is 9.84. The van der Waals surface area contributed by atoms with Gasteiger partial charge in [0.25, 0.3) is 0 Å². The Labute approximate surface area is 92.2 Å². The van der Waals surface area contributed by atoms with Gasteiger partial charge in [-0.25, -0.2) is 0 Å². The van der Waals surface area contributed by atoms with E-state index in [9.17, 15) is 0 Å². The molecule has 0 fully saturated rings. The van der Waals surface area contributed by atoms with Crippen LogP contribution in [0, 0.1) is 6.92 Å². The van der Waals surface area contributed by atoms with Crippen LogP contribution >= 0.6 is 28.1 Å². The summed E-state index contributed by atoms with van der Waals surface area (Å²) in [6.45, 7) is 4.57. The lowest BCUT2D eigenvalue weighted by Crippen LogP contribution is -2.04. The third kappa shape index (κ3) is 2.78. The predicted molar refractivity (Wildman–Crippen MR) is 62.2 cm³/mol. The van der Waals surface area contributed by atoms with Crippen LogP contribution in [0.2, 0.25) is 0 Å². The van der Waals surface area contributed by atoms with Crippen LogP contribution in [0.1, 0.15) is 18.1 Å². The number of halogens is 1. The highest BCUT2D eigenvalue weighted by Crippen LogP contribution is 2.19. The van der Waals surface area contributed by atoms with Crippen molar-refractivity contribution in [1.82, 2.24) is 0 Å². The first-order valence-corrected chi connectivity index (χ1v) is 5.28. The number of aryl methyl sites for hydroxylation is 1. The molecule has 0 aliphatic heterocycles. The van der Waals surface area contributed by atoms with Gasteiger partial charge in [0, 0.05) is 10.0 Å². The van der Waals surface area contributed by atoms with Crippen LogP contribution < -0.4 is 0 Å². The summed E-state index contributed by atoms with van der Waals surface area (Å²) in [5.41, 5.74) is 2.14. The van der Waals surface area contributed by atoms with E-state index in [1.807, 2.05) is 32.0 Å². The second-order valence-electron chi connectivity index (χ2n) is 2.70. The van der Waals surface area contributed by atoms with Crippen molar-refractivity contribution in [3.63, 3.8) is 0 Å². The van der Waals surface area contributed by atoms with Gasteiger partial charge in [0.05, 0.1) is 6.61 Å². The Hall–Kier alpha value is -0.410. The third-order valence-electron chi connectivity index (χ3n) is 1.62. The highest BCUT2D eigenvalue weighted by atomic mass is 79.9. The number of hydrogen-bond donors (Lipinski definition) is 0. The van der Waals surface area contributed by atoms with E-state index in [0.717, 1.165) is 10.0 Å². The smallest absolute Gasteiger partial charge is 0.192 e. The summed E-state index contributed by atoms with van der Waals surface area (Å²) in [4.78, 5) is 0. The lowest BCUT2D eigenvalue weighted by atomic mass is 10.1. The molecule has 1 nitrogen and oxygen atoms in total. The molecule has 0 N–H and O–H groups in total. The lowest BCUT2D eigenvalue weighted by Gasteiger charge is -2.07. The SMILES string of the molecule is CCOC(=S)c1cc(C)ccc1Br. The van der Waals surface area contributed by atoms with Gasteiger partial charge in [-0.1, -0.05) is 27.6 Å². The van der Waals surface area contributed by atoms with Crippen molar-refractivity contribution in [1.29, 1.82) is 0 Å². The molecule has 0 bridgehead atoms. The Balaban J connectivity index is 2.99.